The molecule has 2 rings (SSSR count). The molecule has 1 aliphatic rings. The lowest BCUT2D eigenvalue weighted by Crippen LogP contribution is -2.40. The van der Waals surface area contributed by atoms with Gasteiger partial charge in [0.25, 0.3) is 5.89 Å². The minimum atomic E-state index is -0.788. The third-order valence-electron chi connectivity index (χ3n) is 2.94. The highest BCUT2D eigenvalue weighted by Gasteiger charge is 2.29. The molecule has 1 aromatic rings. The molecule has 6 nitrogen and oxygen atoms in total. The van der Waals surface area contributed by atoms with Crippen molar-refractivity contribution in [1.82, 2.24) is 9.88 Å². The summed E-state index contributed by atoms with van der Waals surface area (Å²) in [5.41, 5.74) is 0. The quantitative estimate of drug-likeness (QED) is 0.828. The molecule has 2 heterocycles. The highest BCUT2D eigenvalue weighted by Crippen LogP contribution is 2.19. The number of likely N-dealkylation sites (tertiary alicyclic amines) is 1. The molecule has 0 bridgehead atoms. The van der Waals surface area contributed by atoms with E-state index in [0.29, 0.717) is 31.7 Å². The van der Waals surface area contributed by atoms with Gasteiger partial charge in [0.05, 0.1) is 12.1 Å². The number of rotatable bonds is 2. The standard InChI is InChI=1S/C11H14N2O4/c1-7-6-12-9(17-7)10(14)13-4-2-8(3-5-13)11(15)16/h6,8H,2-5H2,1H3,(H,15,16). The number of aromatic nitrogens is 1. The molecule has 1 saturated heterocycles. The van der Waals surface area contributed by atoms with Gasteiger partial charge in [-0.05, 0) is 19.8 Å². The van der Waals surface area contributed by atoms with E-state index in [1.165, 1.54) is 6.20 Å². The minimum Gasteiger partial charge on any atom is -0.481 e. The lowest BCUT2D eigenvalue weighted by Gasteiger charge is -2.28. The molecule has 0 radical (unpaired) electrons. The first kappa shape index (κ1) is 11.6. The third kappa shape index (κ3) is 2.46. The van der Waals surface area contributed by atoms with Crippen LogP contribution in [-0.2, 0) is 4.79 Å². The number of nitrogens with zero attached hydrogens (tertiary/aromatic N) is 2. The fraction of sp³-hybridized carbons (Fsp3) is 0.545. The molecular formula is C11H14N2O4. The Morgan fingerprint density at radius 1 is 1.47 bits per heavy atom. The number of oxazole rings is 1. The predicted molar refractivity (Wildman–Crippen MR) is 57.5 cm³/mol. The molecule has 0 saturated carbocycles. The second-order valence-corrected chi connectivity index (χ2v) is 4.18. The van der Waals surface area contributed by atoms with Gasteiger partial charge in [0.1, 0.15) is 5.76 Å². The molecule has 1 aliphatic heterocycles. The predicted octanol–water partition coefficient (Wildman–Crippen LogP) is 0.920. The maximum atomic E-state index is 11.9. The number of hydrogen-bond acceptors (Lipinski definition) is 4. The Labute approximate surface area is 98.2 Å². The smallest absolute Gasteiger partial charge is 0.309 e. The number of amides is 1. The van der Waals surface area contributed by atoms with E-state index in [-0.39, 0.29) is 17.7 Å². The largest absolute Gasteiger partial charge is 0.481 e. The van der Waals surface area contributed by atoms with Gasteiger partial charge in [-0.2, -0.15) is 0 Å². The van der Waals surface area contributed by atoms with Gasteiger partial charge < -0.3 is 14.4 Å². The van der Waals surface area contributed by atoms with Gasteiger partial charge in [-0.25, -0.2) is 4.98 Å². The molecular weight excluding hydrogens is 224 g/mol. The summed E-state index contributed by atoms with van der Waals surface area (Å²) in [6.45, 7) is 2.61. The normalized spacial score (nSPS) is 17.1. The first-order valence-corrected chi connectivity index (χ1v) is 5.52. The Kier molecular flexibility index (Phi) is 3.12. The third-order valence-corrected chi connectivity index (χ3v) is 2.94. The average Bonchev–Trinajstić information content (AvgIpc) is 2.75. The Morgan fingerprint density at radius 2 is 2.12 bits per heavy atom. The highest BCUT2D eigenvalue weighted by molar-refractivity contribution is 5.89. The Bertz CT molecular complexity index is 432. The lowest BCUT2D eigenvalue weighted by atomic mass is 9.97. The number of carbonyl (C=O) groups excluding carboxylic acids is 1. The molecule has 92 valence electrons. The fourth-order valence-corrected chi connectivity index (χ4v) is 1.92. The van der Waals surface area contributed by atoms with E-state index >= 15 is 0 Å². The van der Waals surface area contributed by atoms with Crippen LogP contribution in [0.3, 0.4) is 0 Å². The minimum absolute atomic E-state index is 0.0799. The maximum Gasteiger partial charge on any atom is 0.309 e. The van der Waals surface area contributed by atoms with Crippen molar-refractivity contribution in [3.8, 4) is 0 Å². The first-order valence-electron chi connectivity index (χ1n) is 5.52. The summed E-state index contributed by atoms with van der Waals surface area (Å²) in [6, 6.07) is 0. The van der Waals surface area contributed by atoms with Crippen LogP contribution >= 0.6 is 0 Å². The lowest BCUT2D eigenvalue weighted by molar-refractivity contribution is -0.143. The number of carboxylic acids is 1. The summed E-state index contributed by atoms with van der Waals surface area (Å²) in [6.07, 6.45) is 2.47. The topological polar surface area (TPSA) is 83.6 Å². The van der Waals surface area contributed by atoms with E-state index in [4.69, 9.17) is 9.52 Å². The van der Waals surface area contributed by atoms with Gasteiger partial charge in [-0.3, -0.25) is 9.59 Å². The summed E-state index contributed by atoms with van der Waals surface area (Å²) in [7, 11) is 0. The van der Waals surface area contributed by atoms with E-state index in [9.17, 15) is 9.59 Å². The molecule has 1 fully saturated rings. The second kappa shape index (κ2) is 4.57. The molecule has 17 heavy (non-hydrogen) atoms. The molecule has 0 atom stereocenters. The van der Waals surface area contributed by atoms with Crippen molar-refractivity contribution in [1.29, 1.82) is 0 Å². The van der Waals surface area contributed by atoms with E-state index in [1.807, 2.05) is 0 Å². The molecule has 0 unspecified atom stereocenters. The summed E-state index contributed by atoms with van der Waals surface area (Å²) in [5, 5.41) is 8.85. The zero-order chi connectivity index (χ0) is 12.4. The van der Waals surface area contributed by atoms with Crippen molar-refractivity contribution in [2.24, 2.45) is 5.92 Å². The highest BCUT2D eigenvalue weighted by atomic mass is 16.4. The zero-order valence-corrected chi connectivity index (χ0v) is 9.55. The van der Waals surface area contributed by atoms with Crippen molar-refractivity contribution in [3.63, 3.8) is 0 Å². The molecule has 1 aromatic heterocycles. The maximum absolute atomic E-state index is 11.9. The summed E-state index contributed by atoms with van der Waals surface area (Å²) in [4.78, 5) is 28.1. The van der Waals surface area contributed by atoms with Gasteiger partial charge >= 0.3 is 11.9 Å². The van der Waals surface area contributed by atoms with Crippen LogP contribution in [0.25, 0.3) is 0 Å². The van der Waals surface area contributed by atoms with Gasteiger partial charge in [-0.15, -0.1) is 0 Å². The van der Waals surface area contributed by atoms with Crippen LogP contribution in [0.2, 0.25) is 0 Å². The number of hydrogen-bond donors (Lipinski definition) is 1. The van der Waals surface area contributed by atoms with Gasteiger partial charge in [-0.1, -0.05) is 0 Å². The van der Waals surface area contributed by atoms with Crippen LogP contribution in [0, 0.1) is 12.8 Å². The van der Waals surface area contributed by atoms with Crippen molar-refractivity contribution in [2.75, 3.05) is 13.1 Å². The number of aryl methyl sites for hydroxylation is 1. The van der Waals surface area contributed by atoms with Crippen molar-refractivity contribution in [2.45, 2.75) is 19.8 Å². The first-order chi connectivity index (χ1) is 8.08. The van der Waals surface area contributed by atoms with Crippen LogP contribution in [0.4, 0.5) is 0 Å². The van der Waals surface area contributed by atoms with Crippen molar-refractivity contribution in [3.05, 3.63) is 17.8 Å². The fourth-order valence-electron chi connectivity index (χ4n) is 1.92. The van der Waals surface area contributed by atoms with E-state index in [2.05, 4.69) is 4.98 Å². The van der Waals surface area contributed by atoms with E-state index in [0.717, 1.165) is 0 Å². The van der Waals surface area contributed by atoms with Crippen LogP contribution in [0.5, 0.6) is 0 Å². The van der Waals surface area contributed by atoms with Crippen LogP contribution in [-0.4, -0.2) is 40.0 Å². The summed E-state index contributed by atoms with van der Waals surface area (Å²) in [5.74, 6) is -0.721. The number of carboxylic acid groups (broad SMARTS) is 1. The molecule has 0 spiro atoms. The van der Waals surface area contributed by atoms with Crippen molar-refractivity contribution >= 4 is 11.9 Å². The van der Waals surface area contributed by atoms with Crippen LogP contribution in [0.15, 0.2) is 10.6 Å². The Hall–Kier alpha value is -1.85. The van der Waals surface area contributed by atoms with Crippen LogP contribution < -0.4 is 0 Å². The van der Waals surface area contributed by atoms with E-state index in [1.54, 1.807) is 11.8 Å². The number of aliphatic carboxylic acids is 1. The molecule has 6 heteroatoms. The summed E-state index contributed by atoms with van der Waals surface area (Å²) >= 11 is 0. The van der Waals surface area contributed by atoms with Crippen LogP contribution in [0.1, 0.15) is 29.3 Å². The van der Waals surface area contributed by atoms with Crippen molar-refractivity contribution < 1.29 is 19.1 Å². The Balaban J connectivity index is 1.97. The number of carbonyl (C=O) groups is 2. The number of piperidine rings is 1. The molecule has 1 N–H and O–H groups in total. The monoisotopic (exact) mass is 238 g/mol. The summed E-state index contributed by atoms with van der Waals surface area (Å²) < 4.78 is 5.15. The zero-order valence-electron chi connectivity index (χ0n) is 9.55. The molecule has 0 aromatic carbocycles. The molecule has 0 aliphatic carbocycles. The second-order valence-electron chi connectivity index (χ2n) is 4.18. The SMILES string of the molecule is Cc1cnc(C(=O)N2CCC(C(=O)O)CC2)o1. The van der Waals surface area contributed by atoms with Gasteiger partial charge in [0.2, 0.25) is 0 Å². The Morgan fingerprint density at radius 3 is 2.59 bits per heavy atom. The van der Waals surface area contributed by atoms with Gasteiger partial charge in [0.15, 0.2) is 0 Å². The van der Waals surface area contributed by atoms with Gasteiger partial charge in [0, 0.05) is 13.1 Å². The van der Waals surface area contributed by atoms with E-state index < -0.39 is 5.97 Å². The molecule has 1 amide bonds. The average molecular weight is 238 g/mol.